The van der Waals surface area contributed by atoms with Crippen LogP contribution >= 0.6 is 0 Å². The maximum atomic E-state index is 12.1. The molecular weight excluding hydrogens is 374 g/mol. The molecule has 8 heteroatoms. The van der Waals surface area contributed by atoms with Gasteiger partial charge in [0.2, 0.25) is 0 Å². The minimum atomic E-state index is -4.61. The summed E-state index contributed by atoms with van der Waals surface area (Å²) < 4.78 is 81.7. The van der Waals surface area contributed by atoms with Crippen molar-refractivity contribution in [2.24, 2.45) is 0 Å². The number of allylic oxidation sites excluding steroid dienone is 4. The molecular formula is C19H30F6O2. The largest absolute Gasteiger partial charge is 0.411 e. The summed E-state index contributed by atoms with van der Waals surface area (Å²) in [6.07, 6.45) is 4.71. The molecule has 0 aliphatic rings. The van der Waals surface area contributed by atoms with Crippen molar-refractivity contribution in [2.45, 2.75) is 83.4 Å². The van der Waals surface area contributed by atoms with Gasteiger partial charge in [0.25, 0.3) is 0 Å². The molecule has 27 heavy (non-hydrogen) atoms. The Morgan fingerprint density at radius 2 is 1.11 bits per heavy atom. The monoisotopic (exact) mass is 404 g/mol. The van der Waals surface area contributed by atoms with Gasteiger partial charge < -0.3 is 9.47 Å². The zero-order valence-corrected chi connectivity index (χ0v) is 15.7. The van der Waals surface area contributed by atoms with Gasteiger partial charge >= 0.3 is 12.4 Å². The summed E-state index contributed by atoms with van der Waals surface area (Å²) >= 11 is 0. The predicted octanol–water partition coefficient (Wildman–Crippen LogP) is 7.11. The van der Waals surface area contributed by atoms with Crippen LogP contribution in [0.1, 0.15) is 64.7 Å². The predicted molar refractivity (Wildman–Crippen MR) is 93.3 cm³/mol. The molecule has 0 unspecified atom stereocenters. The Kier molecular flexibility index (Phi) is 14.4. The van der Waals surface area contributed by atoms with E-state index in [0.717, 1.165) is 19.3 Å². The third-order valence-electron chi connectivity index (χ3n) is 3.48. The Morgan fingerprint density at radius 1 is 0.667 bits per heavy atom. The molecule has 0 radical (unpaired) electrons. The molecule has 0 aliphatic carbocycles. The van der Waals surface area contributed by atoms with Crippen molar-refractivity contribution in [3.8, 4) is 0 Å². The molecule has 0 rings (SSSR count). The van der Waals surface area contributed by atoms with Crippen LogP contribution in [0, 0.1) is 0 Å². The van der Waals surface area contributed by atoms with E-state index in [1.165, 1.54) is 19.3 Å². The lowest BCUT2D eigenvalue weighted by Gasteiger charge is -2.20. The summed E-state index contributed by atoms with van der Waals surface area (Å²) in [5, 5.41) is 0. The molecule has 0 N–H and O–H groups in total. The van der Waals surface area contributed by atoms with Gasteiger partial charge in [-0.1, -0.05) is 44.1 Å². The van der Waals surface area contributed by atoms with Crippen molar-refractivity contribution in [1.82, 2.24) is 0 Å². The second-order valence-corrected chi connectivity index (χ2v) is 6.23. The Hall–Kier alpha value is -1.02. The highest BCUT2D eigenvalue weighted by Gasteiger charge is 2.32. The number of halogens is 6. The van der Waals surface area contributed by atoms with Crippen LogP contribution in [-0.2, 0) is 9.47 Å². The standard InChI is InChI=1S/C19H30F6O2/c1-2-3-4-5-6-7-8-9-10-11-12-13-14-17(26-15-18(20,21)22)27-16-19(23,24)25/h6-7,10-11,17H,2-5,8-9,12-16H2,1H3. The molecule has 0 fully saturated rings. The van der Waals surface area contributed by atoms with Gasteiger partial charge in [-0.05, 0) is 44.9 Å². The third-order valence-corrected chi connectivity index (χ3v) is 3.48. The van der Waals surface area contributed by atoms with E-state index in [1.54, 1.807) is 0 Å². The molecule has 0 amide bonds. The van der Waals surface area contributed by atoms with Crippen molar-refractivity contribution < 1.29 is 35.8 Å². The molecule has 0 aromatic heterocycles. The average molecular weight is 404 g/mol. The van der Waals surface area contributed by atoms with E-state index in [-0.39, 0.29) is 6.42 Å². The minimum Gasteiger partial charge on any atom is -0.343 e. The molecule has 0 aliphatic heterocycles. The third kappa shape index (κ3) is 21.1. The maximum absolute atomic E-state index is 12.1. The molecule has 160 valence electrons. The van der Waals surface area contributed by atoms with Crippen LogP contribution in [0.4, 0.5) is 26.3 Å². The van der Waals surface area contributed by atoms with E-state index in [1.807, 2.05) is 12.2 Å². The summed E-state index contributed by atoms with van der Waals surface area (Å²) in [5.74, 6) is 0. The van der Waals surface area contributed by atoms with Crippen molar-refractivity contribution >= 4 is 0 Å². The highest BCUT2D eigenvalue weighted by Crippen LogP contribution is 2.20. The number of hydrogen-bond acceptors (Lipinski definition) is 2. The smallest absolute Gasteiger partial charge is 0.343 e. The van der Waals surface area contributed by atoms with E-state index in [4.69, 9.17) is 0 Å². The summed E-state index contributed by atoms with van der Waals surface area (Å²) in [4.78, 5) is 0. The quantitative estimate of drug-likeness (QED) is 0.125. The van der Waals surface area contributed by atoms with E-state index >= 15 is 0 Å². The van der Waals surface area contributed by atoms with E-state index in [2.05, 4.69) is 28.5 Å². The lowest BCUT2D eigenvalue weighted by Crippen LogP contribution is -2.29. The van der Waals surface area contributed by atoms with E-state index < -0.39 is 31.9 Å². The molecule has 2 nitrogen and oxygen atoms in total. The molecule has 0 spiro atoms. The first-order chi connectivity index (χ1) is 12.6. The SMILES string of the molecule is CCCCCC=CCCC=CCCCC(OCC(F)(F)F)OCC(F)(F)F. The highest BCUT2D eigenvalue weighted by atomic mass is 19.4. The van der Waals surface area contributed by atoms with Gasteiger partial charge in [-0.2, -0.15) is 26.3 Å². The molecule has 0 saturated heterocycles. The summed E-state index contributed by atoms with van der Waals surface area (Å²) in [6, 6.07) is 0. The van der Waals surface area contributed by atoms with E-state index in [0.29, 0.717) is 12.8 Å². The van der Waals surface area contributed by atoms with Crippen molar-refractivity contribution in [3.05, 3.63) is 24.3 Å². The summed E-state index contributed by atoms with van der Waals surface area (Å²) in [7, 11) is 0. The molecule has 0 bridgehead atoms. The summed E-state index contributed by atoms with van der Waals surface area (Å²) in [5.41, 5.74) is 0. The topological polar surface area (TPSA) is 18.5 Å². The van der Waals surface area contributed by atoms with Crippen LogP contribution in [0.5, 0.6) is 0 Å². The first-order valence-corrected chi connectivity index (χ1v) is 9.30. The van der Waals surface area contributed by atoms with Gasteiger partial charge in [0.1, 0.15) is 13.2 Å². The van der Waals surface area contributed by atoms with Gasteiger partial charge in [0, 0.05) is 0 Å². The Bertz CT molecular complexity index is 384. The number of unbranched alkanes of at least 4 members (excludes halogenated alkanes) is 5. The Morgan fingerprint density at radius 3 is 1.56 bits per heavy atom. The number of alkyl halides is 6. The van der Waals surface area contributed by atoms with Crippen LogP contribution in [-0.4, -0.2) is 31.9 Å². The van der Waals surface area contributed by atoms with Gasteiger partial charge in [0.05, 0.1) is 0 Å². The van der Waals surface area contributed by atoms with Crippen molar-refractivity contribution in [1.29, 1.82) is 0 Å². The zero-order valence-electron chi connectivity index (χ0n) is 15.7. The minimum absolute atomic E-state index is 0.0339. The van der Waals surface area contributed by atoms with Gasteiger partial charge in [-0.25, -0.2) is 0 Å². The fourth-order valence-corrected chi connectivity index (χ4v) is 2.17. The second-order valence-electron chi connectivity index (χ2n) is 6.23. The summed E-state index contributed by atoms with van der Waals surface area (Å²) in [6.45, 7) is -1.10. The highest BCUT2D eigenvalue weighted by molar-refractivity contribution is 4.88. The Labute approximate surface area is 157 Å². The normalized spacial score (nSPS) is 13.5. The van der Waals surface area contributed by atoms with E-state index in [9.17, 15) is 26.3 Å². The van der Waals surface area contributed by atoms with Crippen molar-refractivity contribution in [3.63, 3.8) is 0 Å². The lowest BCUT2D eigenvalue weighted by atomic mass is 10.1. The van der Waals surface area contributed by atoms with Crippen LogP contribution in [0.2, 0.25) is 0 Å². The fourth-order valence-electron chi connectivity index (χ4n) is 2.17. The van der Waals surface area contributed by atoms with Crippen LogP contribution in [0.3, 0.4) is 0 Å². The lowest BCUT2D eigenvalue weighted by molar-refractivity contribution is -0.260. The van der Waals surface area contributed by atoms with Crippen LogP contribution in [0.25, 0.3) is 0 Å². The van der Waals surface area contributed by atoms with Crippen LogP contribution in [0.15, 0.2) is 24.3 Å². The number of rotatable bonds is 15. The molecule has 0 atom stereocenters. The van der Waals surface area contributed by atoms with Crippen molar-refractivity contribution in [2.75, 3.05) is 13.2 Å². The first-order valence-electron chi connectivity index (χ1n) is 9.30. The van der Waals surface area contributed by atoms with Crippen LogP contribution < -0.4 is 0 Å². The molecule has 0 heterocycles. The van der Waals surface area contributed by atoms with Gasteiger partial charge in [0.15, 0.2) is 6.29 Å². The first kappa shape index (κ1) is 26.0. The fraction of sp³-hybridized carbons (Fsp3) is 0.789. The van der Waals surface area contributed by atoms with Gasteiger partial charge in [-0.15, -0.1) is 0 Å². The molecule has 0 aromatic carbocycles. The maximum Gasteiger partial charge on any atom is 0.411 e. The zero-order chi connectivity index (χ0) is 20.6. The second kappa shape index (κ2) is 15.0. The van der Waals surface area contributed by atoms with Gasteiger partial charge in [-0.3, -0.25) is 0 Å². The Balaban J connectivity index is 3.95. The molecule has 0 aromatic rings. The number of ether oxygens (including phenoxy) is 2. The average Bonchev–Trinajstić information content (AvgIpc) is 2.55. The number of hydrogen-bond donors (Lipinski definition) is 0. The molecule has 0 saturated carbocycles.